The zero-order valence-electron chi connectivity index (χ0n) is 11.9. The molecule has 0 radical (unpaired) electrons. The predicted molar refractivity (Wildman–Crippen MR) is 85.3 cm³/mol. The van der Waals surface area contributed by atoms with Crippen LogP contribution in [0.3, 0.4) is 0 Å². The molecule has 2 heterocycles. The largest absolute Gasteiger partial charge is 0.309 e. The third kappa shape index (κ3) is 4.13. The van der Waals surface area contributed by atoms with Gasteiger partial charge in [-0.15, -0.1) is 22.7 Å². The van der Waals surface area contributed by atoms with E-state index in [2.05, 4.69) is 48.6 Å². The molecule has 0 aromatic carbocycles. The molecule has 0 saturated carbocycles. The number of aromatic nitrogens is 1. The SMILES string of the molecule is CCCNC(Cc1nc(C)cs1)c1ccc(CC)s1. The van der Waals surface area contributed by atoms with E-state index in [4.69, 9.17) is 0 Å². The molecule has 1 atom stereocenters. The number of thiophene rings is 1. The molecule has 0 aliphatic heterocycles. The minimum Gasteiger partial charge on any atom is -0.309 e. The van der Waals surface area contributed by atoms with E-state index in [-0.39, 0.29) is 0 Å². The van der Waals surface area contributed by atoms with Crippen LogP contribution >= 0.6 is 22.7 Å². The highest BCUT2D eigenvalue weighted by atomic mass is 32.1. The third-order valence-corrected chi connectivity index (χ3v) is 5.39. The Morgan fingerprint density at radius 1 is 1.32 bits per heavy atom. The normalized spacial score (nSPS) is 12.8. The fraction of sp³-hybridized carbons (Fsp3) is 0.533. The van der Waals surface area contributed by atoms with Crippen LogP contribution in [0.25, 0.3) is 0 Å². The molecule has 2 rings (SSSR count). The summed E-state index contributed by atoms with van der Waals surface area (Å²) in [4.78, 5) is 7.50. The van der Waals surface area contributed by atoms with Crippen molar-refractivity contribution >= 4 is 22.7 Å². The zero-order valence-corrected chi connectivity index (χ0v) is 13.5. The average Bonchev–Trinajstić information content (AvgIpc) is 3.03. The van der Waals surface area contributed by atoms with E-state index in [1.165, 1.54) is 21.2 Å². The first-order valence-electron chi connectivity index (χ1n) is 6.96. The van der Waals surface area contributed by atoms with Gasteiger partial charge in [-0.25, -0.2) is 4.98 Å². The van der Waals surface area contributed by atoms with Gasteiger partial charge in [0.2, 0.25) is 0 Å². The van der Waals surface area contributed by atoms with Crippen molar-refractivity contribution in [3.8, 4) is 0 Å². The second kappa shape index (κ2) is 7.17. The maximum Gasteiger partial charge on any atom is 0.0947 e. The molecule has 104 valence electrons. The molecule has 0 spiro atoms. The first-order valence-corrected chi connectivity index (χ1v) is 8.65. The lowest BCUT2D eigenvalue weighted by atomic mass is 10.1. The minimum atomic E-state index is 0.413. The minimum absolute atomic E-state index is 0.413. The van der Waals surface area contributed by atoms with E-state index in [1.807, 2.05) is 11.3 Å². The second-order valence-electron chi connectivity index (χ2n) is 4.75. The molecule has 2 nitrogen and oxygen atoms in total. The smallest absolute Gasteiger partial charge is 0.0947 e. The van der Waals surface area contributed by atoms with Crippen LogP contribution in [0.2, 0.25) is 0 Å². The quantitative estimate of drug-likeness (QED) is 0.820. The van der Waals surface area contributed by atoms with Gasteiger partial charge >= 0.3 is 0 Å². The lowest BCUT2D eigenvalue weighted by Crippen LogP contribution is -2.23. The molecule has 0 bridgehead atoms. The van der Waals surface area contributed by atoms with E-state index in [9.17, 15) is 0 Å². The highest BCUT2D eigenvalue weighted by Gasteiger charge is 2.15. The Balaban J connectivity index is 2.10. The number of hydrogen-bond acceptors (Lipinski definition) is 4. The Morgan fingerprint density at radius 2 is 2.16 bits per heavy atom. The van der Waals surface area contributed by atoms with Gasteiger partial charge in [-0.2, -0.15) is 0 Å². The number of aryl methyl sites for hydroxylation is 2. The van der Waals surface area contributed by atoms with Crippen LogP contribution in [0.4, 0.5) is 0 Å². The van der Waals surface area contributed by atoms with Gasteiger partial charge < -0.3 is 5.32 Å². The molecule has 0 aliphatic carbocycles. The molecule has 0 saturated heterocycles. The van der Waals surface area contributed by atoms with Crippen LogP contribution in [0.1, 0.15) is 46.8 Å². The van der Waals surface area contributed by atoms with Crippen LogP contribution in [0.5, 0.6) is 0 Å². The van der Waals surface area contributed by atoms with Gasteiger partial charge in [0.1, 0.15) is 0 Å². The molecule has 4 heteroatoms. The Bertz CT molecular complexity index is 502. The van der Waals surface area contributed by atoms with Crippen molar-refractivity contribution in [2.75, 3.05) is 6.54 Å². The fourth-order valence-electron chi connectivity index (χ4n) is 2.03. The second-order valence-corrected chi connectivity index (χ2v) is 6.89. The van der Waals surface area contributed by atoms with E-state index in [0.29, 0.717) is 6.04 Å². The van der Waals surface area contributed by atoms with Gasteiger partial charge in [-0.1, -0.05) is 13.8 Å². The van der Waals surface area contributed by atoms with Crippen LogP contribution in [-0.2, 0) is 12.8 Å². The summed E-state index contributed by atoms with van der Waals surface area (Å²) in [6, 6.07) is 4.95. The lowest BCUT2D eigenvalue weighted by molar-refractivity contribution is 0.535. The number of nitrogens with zero attached hydrogens (tertiary/aromatic N) is 1. The predicted octanol–water partition coefficient (Wildman–Crippen LogP) is 4.36. The van der Waals surface area contributed by atoms with Crippen LogP contribution in [0.15, 0.2) is 17.5 Å². The van der Waals surface area contributed by atoms with Crippen molar-refractivity contribution in [2.24, 2.45) is 0 Å². The van der Waals surface area contributed by atoms with E-state index in [0.717, 1.165) is 25.1 Å². The van der Waals surface area contributed by atoms with Crippen molar-refractivity contribution < 1.29 is 0 Å². The Labute approximate surface area is 123 Å². The molecule has 2 aromatic heterocycles. The molecular formula is C15H22N2S2. The van der Waals surface area contributed by atoms with Gasteiger partial charge in [-0.05, 0) is 38.4 Å². The van der Waals surface area contributed by atoms with E-state index < -0.39 is 0 Å². The molecule has 0 fully saturated rings. The molecule has 0 amide bonds. The molecular weight excluding hydrogens is 272 g/mol. The maximum absolute atomic E-state index is 4.59. The first kappa shape index (κ1) is 14.7. The fourth-order valence-corrected chi connectivity index (χ4v) is 3.88. The summed E-state index contributed by atoms with van der Waals surface area (Å²) >= 11 is 3.70. The monoisotopic (exact) mass is 294 g/mol. The van der Waals surface area contributed by atoms with Gasteiger partial charge in [0.05, 0.1) is 5.01 Å². The summed E-state index contributed by atoms with van der Waals surface area (Å²) in [6.07, 6.45) is 3.29. The standard InChI is InChI=1S/C15H22N2S2/c1-4-8-16-13(9-15-17-11(3)10-18-15)14-7-6-12(5-2)19-14/h6-7,10,13,16H,4-5,8-9H2,1-3H3. The number of nitrogens with one attached hydrogen (secondary N) is 1. The Morgan fingerprint density at radius 3 is 2.74 bits per heavy atom. The number of thiazole rings is 1. The van der Waals surface area contributed by atoms with E-state index >= 15 is 0 Å². The first-order chi connectivity index (χ1) is 9.22. The zero-order chi connectivity index (χ0) is 13.7. The third-order valence-electron chi connectivity index (χ3n) is 3.06. The summed E-state index contributed by atoms with van der Waals surface area (Å²) in [5.41, 5.74) is 1.13. The summed E-state index contributed by atoms with van der Waals surface area (Å²) in [5.74, 6) is 0. The van der Waals surface area contributed by atoms with Crippen molar-refractivity contribution in [3.63, 3.8) is 0 Å². The number of hydrogen-bond donors (Lipinski definition) is 1. The highest BCUT2D eigenvalue weighted by Crippen LogP contribution is 2.27. The summed E-state index contributed by atoms with van der Waals surface area (Å²) in [6.45, 7) is 7.56. The highest BCUT2D eigenvalue weighted by molar-refractivity contribution is 7.12. The lowest BCUT2D eigenvalue weighted by Gasteiger charge is -2.15. The molecule has 2 aromatic rings. The average molecular weight is 294 g/mol. The maximum atomic E-state index is 4.59. The van der Waals surface area contributed by atoms with Gasteiger partial charge in [0.15, 0.2) is 0 Å². The Kier molecular flexibility index (Phi) is 5.55. The molecule has 1 N–H and O–H groups in total. The van der Waals surface area contributed by atoms with Gasteiger partial charge in [0.25, 0.3) is 0 Å². The van der Waals surface area contributed by atoms with Gasteiger partial charge in [-0.3, -0.25) is 0 Å². The van der Waals surface area contributed by atoms with E-state index in [1.54, 1.807) is 11.3 Å². The molecule has 19 heavy (non-hydrogen) atoms. The van der Waals surface area contributed by atoms with Gasteiger partial charge in [0, 0.05) is 33.3 Å². The van der Waals surface area contributed by atoms with Crippen LogP contribution < -0.4 is 5.32 Å². The topological polar surface area (TPSA) is 24.9 Å². The molecule has 0 aliphatic rings. The van der Waals surface area contributed by atoms with Crippen LogP contribution in [0, 0.1) is 6.92 Å². The summed E-state index contributed by atoms with van der Waals surface area (Å²) < 4.78 is 0. The summed E-state index contributed by atoms with van der Waals surface area (Å²) in [5, 5.41) is 7.03. The summed E-state index contributed by atoms with van der Waals surface area (Å²) in [7, 11) is 0. The van der Waals surface area contributed by atoms with Crippen molar-refractivity contribution in [1.82, 2.24) is 10.3 Å². The van der Waals surface area contributed by atoms with Crippen molar-refractivity contribution in [1.29, 1.82) is 0 Å². The Hall–Kier alpha value is -0.710. The van der Waals surface area contributed by atoms with Crippen molar-refractivity contribution in [2.45, 2.75) is 46.1 Å². The van der Waals surface area contributed by atoms with Crippen molar-refractivity contribution in [3.05, 3.63) is 38.0 Å². The molecule has 1 unspecified atom stereocenters. The van der Waals surface area contributed by atoms with Crippen LogP contribution in [-0.4, -0.2) is 11.5 Å². The number of rotatable bonds is 7.